The second kappa shape index (κ2) is 10.8. The molecule has 0 atom stereocenters. The molecule has 31 heavy (non-hydrogen) atoms. The zero-order chi connectivity index (χ0) is 22.2. The lowest BCUT2D eigenvalue weighted by atomic mass is 10.2. The Balaban J connectivity index is 1.38. The Bertz CT molecular complexity index is 927. The van der Waals surface area contributed by atoms with Gasteiger partial charge in [-0.2, -0.15) is 0 Å². The minimum atomic E-state index is -0.743. The van der Waals surface area contributed by atoms with Gasteiger partial charge in [-0.25, -0.2) is 0 Å². The van der Waals surface area contributed by atoms with E-state index in [2.05, 4.69) is 25.8 Å². The highest BCUT2D eigenvalue weighted by Gasteiger charge is 2.18. The molecule has 0 aromatic heterocycles. The number of anilines is 3. The fourth-order valence-electron chi connectivity index (χ4n) is 3.36. The molecule has 0 unspecified atom stereocenters. The first-order valence-electron chi connectivity index (χ1n) is 10.1. The van der Waals surface area contributed by atoms with Gasteiger partial charge in [0.15, 0.2) is 0 Å². The normalized spacial score (nSPS) is 14.1. The monoisotopic (exact) mass is 443 g/mol. The summed E-state index contributed by atoms with van der Waals surface area (Å²) in [6.07, 6.45) is 0. The standard InChI is InChI=1S/C22H26ClN5O3/c1-16(29)25-18-3-2-4-19(15-18)26-22(31)21(30)24-9-10-27-11-13-28(14-12-27)20-7-5-17(23)6-8-20/h2-8,15H,9-14H2,1H3,(H,24,30)(H,25,29)(H,26,31). The lowest BCUT2D eigenvalue weighted by molar-refractivity contribution is -0.136. The van der Waals surface area contributed by atoms with Crippen molar-refractivity contribution in [3.8, 4) is 0 Å². The highest BCUT2D eigenvalue weighted by Crippen LogP contribution is 2.19. The van der Waals surface area contributed by atoms with Gasteiger partial charge in [0.25, 0.3) is 0 Å². The number of hydrogen-bond acceptors (Lipinski definition) is 5. The summed E-state index contributed by atoms with van der Waals surface area (Å²) in [5.74, 6) is -1.65. The predicted octanol–water partition coefficient (Wildman–Crippen LogP) is 2.18. The topological polar surface area (TPSA) is 93.8 Å². The Hall–Kier alpha value is -3.10. The maximum absolute atomic E-state index is 12.1. The van der Waals surface area contributed by atoms with Crippen LogP contribution in [-0.2, 0) is 14.4 Å². The van der Waals surface area contributed by atoms with Crippen LogP contribution in [-0.4, -0.2) is 61.9 Å². The predicted molar refractivity (Wildman–Crippen MR) is 122 cm³/mol. The molecule has 0 saturated carbocycles. The van der Waals surface area contributed by atoms with E-state index in [1.54, 1.807) is 24.3 Å². The Morgan fingerprint density at radius 2 is 1.55 bits per heavy atom. The number of piperazine rings is 1. The van der Waals surface area contributed by atoms with Gasteiger partial charge in [0.2, 0.25) is 5.91 Å². The van der Waals surface area contributed by atoms with E-state index in [1.807, 2.05) is 24.3 Å². The number of benzene rings is 2. The molecule has 9 heteroatoms. The van der Waals surface area contributed by atoms with Crippen molar-refractivity contribution in [3.63, 3.8) is 0 Å². The summed E-state index contributed by atoms with van der Waals surface area (Å²) >= 11 is 5.94. The molecule has 3 amide bonds. The second-order valence-corrected chi connectivity index (χ2v) is 7.71. The second-order valence-electron chi connectivity index (χ2n) is 7.28. The van der Waals surface area contributed by atoms with Crippen molar-refractivity contribution < 1.29 is 14.4 Å². The van der Waals surface area contributed by atoms with Crippen LogP contribution in [0.1, 0.15) is 6.92 Å². The molecule has 3 rings (SSSR count). The Morgan fingerprint density at radius 1 is 0.903 bits per heavy atom. The van der Waals surface area contributed by atoms with E-state index in [0.29, 0.717) is 24.5 Å². The molecule has 8 nitrogen and oxygen atoms in total. The fourth-order valence-corrected chi connectivity index (χ4v) is 3.48. The first kappa shape index (κ1) is 22.6. The number of carbonyl (C=O) groups is 3. The van der Waals surface area contributed by atoms with Gasteiger partial charge in [0.1, 0.15) is 0 Å². The molecule has 0 bridgehead atoms. The third kappa shape index (κ3) is 6.97. The molecule has 2 aromatic carbocycles. The summed E-state index contributed by atoms with van der Waals surface area (Å²) in [7, 11) is 0. The fraction of sp³-hybridized carbons (Fsp3) is 0.318. The van der Waals surface area contributed by atoms with E-state index in [9.17, 15) is 14.4 Å². The number of amides is 3. The summed E-state index contributed by atoms with van der Waals surface area (Å²) in [6, 6.07) is 14.4. The molecule has 2 aromatic rings. The SMILES string of the molecule is CC(=O)Nc1cccc(NC(=O)C(=O)NCCN2CCN(c3ccc(Cl)cc3)CC2)c1. The summed E-state index contributed by atoms with van der Waals surface area (Å²) in [5, 5.41) is 8.55. The molecule has 0 aliphatic carbocycles. The van der Waals surface area contributed by atoms with Crippen LogP contribution < -0.4 is 20.9 Å². The maximum atomic E-state index is 12.1. The van der Waals surface area contributed by atoms with Gasteiger partial charge in [-0.1, -0.05) is 17.7 Å². The zero-order valence-electron chi connectivity index (χ0n) is 17.4. The van der Waals surface area contributed by atoms with Gasteiger partial charge >= 0.3 is 11.8 Å². The molecule has 0 radical (unpaired) electrons. The minimum absolute atomic E-state index is 0.213. The average Bonchev–Trinajstić information content (AvgIpc) is 2.74. The highest BCUT2D eigenvalue weighted by atomic mass is 35.5. The average molecular weight is 444 g/mol. The van der Waals surface area contributed by atoms with Crippen LogP contribution in [0.2, 0.25) is 5.02 Å². The van der Waals surface area contributed by atoms with Crippen molar-refractivity contribution in [2.24, 2.45) is 0 Å². The molecule has 1 heterocycles. The van der Waals surface area contributed by atoms with Gasteiger partial charge in [-0.05, 0) is 42.5 Å². The van der Waals surface area contributed by atoms with Crippen molar-refractivity contribution in [1.82, 2.24) is 10.2 Å². The molecule has 1 aliphatic rings. The van der Waals surface area contributed by atoms with Crippen LogP contribution in [0.3, 0.4) is 0 Å². The number of rotatable bonds is 6. The maximum Gasteiger partial charge on any atom is 0.313 e. The molecular formula is C22H26ClN5O3. The Kier molecular flexibility index (Phi) is 7.86. The minimum Gasteiger partial charge on any atom is -0.369 e. The van der Waals surface area contributed by atoms with E-state index < -0.39 is 11.8 Å². The summed E-state index contributed by atoms with van der Waals surface area (Å²) in [4.78, 5) is 39.9. The molecule has 0 spiro atoms. The van der Waals surface area contributed by atoms with Crippen molar-refractivity contribution >= 4 is 46.4 Å². The van der Waals surface area contributed by atoms with E-state index in [0.717, 1.165) is 36.9 Å². The molecule has 1 saturated heterocycles. The number of carbonyl (C=O) groups excluding carboxylic acids is 3. The summed E-state index contributed by atoms with van der Waals surface area (Å²) in [5.41, 5.74) is 2.13. The van der Waals surface area contributed by atoms with Crippen molar-refractivity contribution in [2.75, 3.05) is 54.8 Å². The lowest BCUT2D eigenvalue weighted by Gasteiger charge is -2.36. The number of nitrogens with zero attached hydrogens (tertiary/aromatic N) is 2. The number of hydrogen-bond donors (Lipinski definition) is 3. The van der Waals surface area contributed by atoms with Gasteiger partial charge < -0.3 is 20.9 Å². The molecule has 1 aliphatic heterocycles. The first-order chi connectivity index (χ1) is 14.9. The smallest absolute Gasteiger partial charge is 0.313 e. The largest absolute Gasteiger partial charge is 0.369 e. The van der Waals surface area contributed by atoms with E-state index >= 15 is 0 Å². The Labute approximate surface area is 186 Å². The Morgan fingerprint density at radius 3 is 2.19 bits per heavy atom. The van der Waals surface area contributed by atoms with Crippen LogP contribution in [0.15, 0.2) is 48.5 Å². The van der Waals surface area contributed by atoms with Crippen LogP contribution in [0, 0.1) is 0 Å². The van der Waals surface area contributed by atoms with Crippen LogP contribution in [0.25, 0.3) is 0 Å². The van der Waals surface area contributed by atoms with E-state index in [4.69, 9.17) is 11.6 Å². The number of nitrogens with one attached hydrogen (secondary N) is 3. The van der Waals surface area contributed by atoms with Gasteiger partial charge in [-0.15, -0.1) is 0 Å². The number of halogens is 1. The van der Waals surface area contributed by atoms with Crippen molar-refractivity contribution in [1.29, 1.82) is 0 Å². The van der Waals surface area contributed by atoms with Gasteiger partial charge in [-0.3, -0.25) is 19.3 Å². The van der Waals surface area contributed by atoms with Crippen molar-refractivity contribution in [2.45, 2.75) is 6.92 Å². The quantitative estimate of drug-likeness (QED) is 0.595. The lowest BCUT2D eigenvalue weighted by Crippen LogP contribution is -2.49. The van der Waals surface area contributed by atoms with E-state index in [-0.39, 0.29) is 5.91 Å². The molecule has 3 N–H and O–H groups in total. The summed E-state index contributed by atoms with van der Waals surface area (Å²) < 4.78 is 0. The van der Waals surface area contributed by atoms with Crippen molar-refractivity contribution in [3.05, 3.63) is 53.6 Å². The molecular weight excluding hydrogens is 418 g/mol. The highest BCUT2D eigenvalue weighted by molar-refractivity contribution is 6.39. The third-order valence-corrected chi connectivity index (χ3v) is 5.18. The third-order valence-electron chi connectivity index (χ3n) is 4.92. The first-order valence-corrected chi connectivity index (χ1v) is 10.5. The van der Waals surface area contributed by atoms with Crippen LogP contribution in [0.4, 0.5) is 17.1 Å². The van der Waals surface area contributed by atoms with Gasteiger partial charge in [0, 0.05) is 68.3 Å². The van der Waals surface area contributed by atoms with Crippen LogP contribution >= 0.6 is 11.6 Å². The van der Waals surface area contributed by atoms with Crippen LogP contribution in [0.5, 0.6) is 0 Å². The van der Waals surface area contributed by atoms with E-state index in [1.165, 1.54) is 6.92 Å². The molecule has 164 valence electrons. The van der Waals surface area contributed by atoms with Gasteiger partial charge in [0.05, 0.1) is 0 Å². The molecule has 1 fully saturated rings. The zero-order valence-corrected chi connectivity index (χ0v) is 18.1. The summed E-state index contributed by atoms with van der Waals surface area (Å²) in [6.45, 7) is 5.99.